The van der Waals surface area contributed by atoms with E-state index in [4.69, 9.17) is 0 Å². The lowest BCUT2D eigenvalue weighted by Gasteiger charge is -2.25. The van der Waals surface area contributed by atoms with Gasteiger partial charge in [0.1, 0.15) is 0 Å². The summed E-state index contributed by atoms with van der Waals surface area (Å²) < 4.78 is 1.45. The van der Waals surface area contributed by atoms with E-state index in [9.17, 15) is 9.59 Å². The lowest BCUT2D eigenvalue weighted by molar-refractivity contribution is -0.119. The Hall–Kier alpha value is -2.56. The fraction of sp³-hybridized carbons (Fsp3) is 0.250. The van der Waals surface area contributed by atoms with E-state index in [2.05, 4.69) is 10.6 Å². The van der Waals surface area contributed by atoms with Gasteiger partial charge in [-0.3, -0.25) is 9.59 Å². The van der Waals surface area contributed by atoms with Crippen LogP contribution in [0.1, 0.15) is 5.56 Å². The monoisotopic (exact) mass is 283 g/mol. The van der Waals surface area contributed by atoms with Crippen LogP contribution in [0.15, 0.2) is 47.4 Å². The number of fused-ring (bicyclic) bond motifs is 1. The van der Waals surface area contributed by atoms with Gasteiger partial charge in [-0.15, -0.1) is 0 Å². The van der Waals surface area contributed by atoms with Crippen LogP contribution in [0.4, 0.5) is 11.4 Å². The van der Waals surface area contributed by atoms with Crippen LogP contribution in [-0.4, -0.2) is 17.0 Å². The van der Waals surface area contributed by atoms with E-state index >= 15 is 0 Å². The minimum absolute atomic E-state index is 0.0318. The van der Waals surface area contributed by atoms with Gasteiger partial charge in [0, 0.05) is 31.5 Å². The molecule has 0 aliphatic carbocycles. The molecule has 5 nitrogen and oxygen atoms in total. The molecule has 3 rings (SSSR count). The molecule has 0 saturated carbocycles. The molecule has 5 heteroatoms. The van der Waals surface area contributed by atoms with Crippen LogP contribution in [0.5, 0.6) is 0 Å². The van der Waals surface area contributed by atoms with Gasteiger partial charge in [0.25, 0.3) is 0 Å². The maximum atomic E-state index is 12.3. The minimum atomic E-state index is -0.114. The summed E-state index contributed by atoms with van der Waals surface area (Å²) in [4.78, 5) is 23.7. The number of carbonyl (C=O) groups is 1. The first-order valence-corrected chi connectivity index (χ1v) is 6.93. The molecule has 0 fully saturated rings. The first kappa shape index (κ1) is 13.4. The number of para-hydroxylation sites is 1. The number of pyridine rings is 1. The second-order valence-electron chi connectivity index (χ2n) is 5.30. The molecule has 2 aromatic rings. The Morgan fingerprint density at radius 3 is 2.90 bits per heavy atom. The summed E-state index contributed by atoms with van der Waals surface area (Å²) in [7, 11) is 1.66. The van der Waals surface area contributed by atoms with Gasteiger partial charge < -0.3 is 15.2 Å². The van der Waals surface area contributed by atoms with Gasteiger partial charge in [0.15, 0.2) is 0 Å². The molecule has 2 heterocycles. The Labute approximate surface area is 122 Å². The number of anilines is 2. The molecule has 1 aliphatic heterocycles. The Kier molecular flexibility index (Phi) is 3.48. The second kappa shape index (κ2) is 5.44. The van der Waals surface area contributed by atoms with E-state index in [0.717, 1.165) is 17.7 Å². The lowest BCUT2D eigenvalue weighted by Crippen LogP contribution is -2.34. The van der Waals surface area contributed by atoms with Crippen molar-refractivity contribution < 1.29 is 4.79 Å². The standard InChI is InChI=1S/C16H17N3O2/c1-19-10-13(6-7-15(19)20)18-16(21)12-8-11-4-2-3-5-14(11)17-9-12/h2-7,10,12,17H,8-9H2,1H3,(H,18,21). The van der Waals surface area contributed by atoms with Crippen LogP contribution in [0.25, 0.3) is 0 Å². The van der Waals surface area contributed by atoms with Gasteiger partial charge in [-0.2, -0.15) is 0 Å². The first-order valence-electron chi connectivity index (χ1n) is 6.93. The predicted octanol–water partition coefficient (Wildman–Crippen LogP) is 1.61. The highest BCUT2D eigenvalue weighted by molar-refractivity contribution is 5.93. The fourth-order valence-corrected chi connectivity index (χ4v) is 2.54. The number of benzene rings is 1. The van der Waals surface area contributed by atoms with Crippen LogP contribution < -0.4 is 16.2 Å². The van der Waals surface area contributed by atoms with Gasteiger partial charge >= 0.3 is 0 Å². The zero-order valence-electron chi connectivity index (χ0n) is 11.8. The van der Waals surface area contributed by atoms with Crippen molar-refractivity contribution in [2.24, 2.45) is 13.0 Å². The molecule has 1 aromatic heterocycles. The Balaban J connectivity index is 1.72. The summed E-state index contributed by atoms with van der Waals surface area (Å²) in [6.45, 7) is 0.620. The van der Waals surface area contributed by atoms with Gasteiger partial charge in [0.2, 0.25) is 11.5 Å². The maximum Gasteiger partial charge on any atom is 0.250 e. The third-order valence-electron chi connectivity index (χ3n) is 3.75. The Morgan fingerprint density at radius 2 is 2.10 bits per heavy atom. The zero-order valence-corrected chi connectivity index (χ0v) is 11.8. The smallest absolute Gasteiger partial charge is 0.250 e. The molecule has 1 amide bonds. The summed E-state index contributed by atoms with van der Waals surface area (Å²) >= 11 is 0. The molecule has 0 saturated heterocycles. The highest BCUT2D eigenvalue weighted by Gasteiger charge is 2.24. The molecule has 0 spiro atoms. The molecule has 1 aromatic carbocycles. The quantitative estimate of drug-likeness (QED) is 0.880. The highest BCUT2D eigenvalue weighted by atomic mass is 16.2. The summed E-state index contributed by atoms with van der Waals surface area (Å²) in [5.74, 6) is -0.146. The molecular weight excluding hydrogens is 266 g/mol. The van der Waals surface area contributed by atoms with Crippen LogP contribution in [0.2, 0.25) is 0 Å². The van der Waals surface area contributed by atoms with Crippen molar-refractivity contribution in [3.8, 4) is 0 Å². The lowest BCUT2D eigenvalue weighted by atomic mass is 9.93. The molecule has 108 valence electrons. The van der Waals surface area contributed by atoms with Crippen molar-refractivity contribution in [1.29, 1.82) is 0 Å². The summed E-state index contributed by atoms with van der Waals surface area (Å²) in [5, 5.41) is 6.16. The molecule has 1 atom stereocenters. The molecule has 2 N–H and O–H groups in total. The largest absolute Gasteiger partial charge is 0.384 e. The number of rotatable bonds is 2. The summed E-state index contributed by atoms with van der Waals surface area (Å²) in [6, 6.07) is 11.1. The van der Waals surface area contributed by atoms with E-state index in [1.54, 1.807) is 19.3 Å². The van der Waals surface area contributed by atoms with Gasteiger partial charge in [-0.25, -0.2) is 0 Å². The maximum absolute atomic E-state index is 12.3. The van der Waals surface area contributed by atoms with Crippen molar-refractivity contribution in [3.63, 3.8) is 0 Å². The predicted molar refractivity (Wildman–Crippen MR) is 82.4 cm³/mol. The van der Waals surface area contributed by atoms with Gasteiger partial charge in [0.05, 0.1) is 11.6 Å². The number of aromatic nitrogens is 1. The number of nitrogens with zero attached hydrogens (tertiary/aromatic N) is 1. The number of hydrogen-bond donors (Lipinski definition) is 2. The first-order chi connectivity index (χ1) is 10.1. The fourth-order valence-electron chi connectivity index (χ4n) is 2.54. The van der Waals surface area contributed by atoms with Crippen LogP contribution in [0, 0.1) is 5.92 Å². The van der Waals surface area contributed by atoms with E-state index in [1.807, 2.05) is 24.3 Å². The number of nitrogens with one attached hydrogen (secondary N) is 2. The number of amides is 1. The number of hydrogen-bond acceptors (Lipinski definition) is 3. The number of aryl methyl sites for hydroxylation is 1. The van der Waals surface area contributed by atoms with E-state index < -0.39 is 0 Å². The molecule has 21 heavy (non-hydrogen) atoms. The average molecular weight is 283 g/mol. The Morgan fingerprint density at radius 1 is 1.29 bits per heavy atom. The summed E-state index contributed by atoms with van der Waals surface area (Å²) in [5.41, 5.74) is 2.80. The molecule has 0 radical (unpaired) electrons. The van der Waals surface area contributed by atoms with E-state index in [-0.39, 0.29) is 17.4 Å². The average Bonchev–Trinajstić information content (AvgIpc) is 2.50. The number of carbonyl (C=O) groups excluding carboxylic acids is 1. The normalized spacial score (nSPS) is 16.7. The zero-order chi connectivity index (χ0) is 14.8. The second-order valence-corrected chi connectivity index (χ2v) is 5.30. The third kappa shape index (κ3) is 2.81. The van der Waals surface area contributed by atoms with Crippen LogP contribution >= 0.6 is 0 Å². The van der Waals surface area contributed by atoms with Crippen molar-refractivity contribution >= 4 is 17.3 Å². The molecular formula is C16H17N3O2. The molecule has 1 aliphatic rings. The van der Waals surface area contributed by atoms with Crippen molar-refractivity contribution in [3.05, 3.63) is 58.5 Å². The third-order valence-corrected chi connectivity index (χ3v) is 3.75. The van der Waals surface area contributed by atoms with Crippen LogP contribution in [-0.2, 0) is 18.3 Å². The van der Waals surface area contributed by atoms with Crippen molar-refractivity contribution in [2.45, 2.75) is 6.42 Å². The van der Waals surface area contributed by atoms with E-state index in [0.29, 0.717) is 12.2 Å². The highest BCUT2D eigenvalue weighted by Crippen LogP contribution is 2.24. The van der Waals surface area contributed by atoms with Gasteiger partial charge in [-0.05, 0) is 24.1 Å². The Bertz CT molecular complexity index is 736. The van der Waals surface area contributed by atoms with Crippen molar-refractivity contribution in [2.75, 3.05) is 17.2 Å². The van der Waals surface area contributed by atoms with Crippen molar-refractivity contribution in [1.82, 2.24) is 4.57 Å². The van der Waals surface area contributed by atoms with Crippen LogP contribution in [0.3, 0.4) is 0 Å². The molecule has 0 bridgehead atoms. The van der Waals surface area contributed by atoms with Gasteiger partial charge in [-0.1, -0.05) is 18.2 Å². The SMILES string of the molecule is Cn1cc(NC(=O)C2CNc3ccccc3C2)ccc1=O. The molecule has 1 unspecified atom stereocenters. The minimum Gasteiger partial charge on any atom is -0.384 e. The topological polar surface area (TPSA) is 63.1 Å². The summed E-state index contributed by atoms with van der Waals surface area (Å²) in [6.07, 6.45) is 2.35. The van der Waals surface area contributed by atoms with E-state index in [1.165, 1.54) is 10.6 Å².